The highest BCUT2D eigenvalue weighted by molar-refractivity contribution is 7.10. The molecule has 0 radical (unpaired) electrons. The number of carbonyl (C=O) groups is 1. The predicted molar refractivity (Wildman–Crippen MR) is 103 cm³/mol. The second-order valence-electron chi connectivity index (χ2n) is 6.26. The average molecular weight is 355 g/mol. The fourth-order valence-electron chi connectivity index (χ4n) is 2.93. The number of benzene rings is 2. The van der Waals surface area contributed by atoms with E-state index in [0.717, 1.165) is 10.8 Å². The molecule has 0 saturated heterocycles. The van der Waals surface area contributed by atoms with Gasteiger partial charge < -0.3 is 15.0 Å². The van der Waals surface area contributed by atoms with Gasteiger partial charge in [-0.3, -0.25) is 4.79 Å². The van der Waals surface area contributed by atoms with Crippen LogP contribution in [0.2, 0.25) is 0 Å². The number of hydrogen-bond donors (Lipinski definition) is 2. The highest BCUT2D eigenvalue weighted by atomic mass is 32.1. The van der Waals surface area contributed by atoms with Gasteiger partial charge in [-0.05, 0) is 34.4 Å². The first-order valence-electron chi connectivity index (χ1n) is 8.28. The van der Waals surface area contributed by atoms with Gasteiger partial charge in [0.1, 0.15) is 11.8 Å². The SMILES string of the molecule is COc1cc2ccccc2cc1C(=O)NC[C@@H](c1cccs1)[NH+](C)C. The van der Waals surface area contributed by atoms with Gasteiger partial charge in [0.15, 0.2) is 0 Å². The summed E-state index contributed by atoms with van der Waals surface area (Å²) in [6, 6.07) is 16.2. The number of ether oxygens (including phenoxy) is 1. The first-order valence-corrected chi connectivity index (χ1v) is 9.16. The molecule has 0 aliphatic rings. The predicted octanol–water partition coefficient (Wildman–Crippen LogP) is 2.53. The fraction of sp³-hybridized carbons (Fsp3) is 0.250. The molecule has 1 heterocycles. The standard InChI is InChI=1S/C20H22N2O2S/c1-22(2)17(19-9-6-10-25-19)13-21-20(23)16-11-14-7-4-5-8-15(14)12-18(16)24-3/h4-12,17H,13H2,1-3H3,(H,21,23)/p+1/t17-/m0/s1. The zero-order valence-electron chi connectivity index (χ0n) is 14.7. The summed E-state index contributed by atoms with van der Waals surface area (Å²) in [7, 11) is 5.81. The van der Waals surface area contributed by atoms with Crippen LogP contribution in [-0.2, 0) is 0 Å². The van der Waals surface area contributed by atoms with Gasteiger partial charge in [0.25, 0.3) is 5.91 Å². The second-order valence-corrected chi connectivity index (χ2v) is 7.23. The zero-order chi connectivity index (χ0) is 17.8. The molecule has 0 aliphatic carbocycles. The van der Waals surface area contributed by atoms with Gasteiger partial charge in [-0.2, -0.15) is 0 Å². The minimum Gasteiger partial charge on any atom is -0.496 e. The number of fused-ring (bicyclic) bond motifs is 1. The van der Waals surface area contributed by atoms with E-state index in [4.69, 9.17) is 4.74 Å². The maximum absolute atomic E-state index is 12.8. The van der Waals surface area contributed by atoms with E-state index in [9.17, 15) is 4.79 Å². The summed E-state index contributed by atoms with van der Waals surface area (Å²) in [4.78, 5) is 15.3. The van der Waals surface area contributed by atoms with Crippen molar-refractivity contribution < 1.29 is 14.4 Å². The van der Waals surface area contributed by atoms with Crippen LogP contribution in [0.4, 0.5) is 0 Å². The molecule has 1 aromatic heterocycles. The lowest BCUT2D eigenvalue weighted by Gasteiger charge is -2.21. The molecule has 2 N–H and O–H groups in total. The maximum atomic E-state index is 12.8. The van der Waals surface area contributed by atoms with Crippen molar-refractivity contribution in [1.82, 2.24) is 5.32 Å². The summed E-state index contributed by atoms with van der Waals surface area (Å²) in [6.45, 7) is 0.581. The van der Waals surface area contributed by atoms with E-state index < -0.39 is 0 Å². The van der Waals surface area contributed by atoms with Gasteiger partial charge in [0.05, 0.1) is 38.2 Å². The van der Waals surface area contributed by atoms with Crippen molar-refractivity contribution in [1.29, 1.82) is 0 Å². The number of quaternary nitrogens is 1. The number of hydrogen-bond acceptors (Lipinski definition) is 3. The molecule has 0 unspecified atom stereocenters. The van der Waals surface area contributed by atoms with Crippen LogP contribution in [0.25, 0.3) is 10.8 Å². The molecule has 3 rings (SSSR count). The van der Waals surface area contributed by atoms with Crippen LogP contribution in [0.1, 0.15) is 21.3 Å². The molecule has 4 nitrogen and oxygen atoms in total. The number of thiophene rings is 1. The monoisotopic (exact) mass is 355 g/mol. The Kier molecular flexibility index (Phi) is 5.36. The summed E-state index contributed by atoms with van der Waals surface area (Å²) >= 11 is 1.72. The lowest BCUT2D eigenvalue weighted by atomic mass is 10.1. The molecule has 0 aliphatic heterocycles. The van der Waals surface area contributed by atoms with Gasteiger partial charge in [0, 0.05) is 0 Å². The van der Waals surface area contributed by atoms with E-state index in [1.807, 2.05) is 42.5 Å². The third-order valence-electron chi connectivity index (χ3n) is 4.36. The Balaban J connectivity index is 1.82. The van der Waals surface area contributed by atoms with Crippen LogP contribution in [0, 0.1) is 0 Å². The summed E-state index contributed by atoms with van der Waals surface area (Å²) in [6.07, 6.45) is 0. The van der Waals surface area contributed by atoms with E-state index in [2.05, 4.69) is 30.9 Å². The van der Waals surface area contributed by atoms with Crippen LogP contribution < -0.4 is 15.0 Å². The Labute approximate surface area is 152 Å². The van der Waals surface area contributed by atoms with Crippen LogP contribution in [0.15, 0.2) is 53.9 Å². The molecular formula is C20H23N2O2S+. The van der Waals surface area contributed by atoms with Crippen molar-refractivity contribution in [3.8, 4) is 5.75 Å². The van der Waals surface area contributed by atoms with Gasteiger partial charge in [0.2, 0.25) is 0 Å². The summed E-state index contributed by atoms with van der Waals surface area (Å²) in [5.41, 5.74) is 0.569. The van der Waals surface area contributed by atoms with E-state index in [0.29, 0.717) is 17.9 Å². The van der Waals surface area contributed by atoms with Gasteiger partial charge in [-0.15, -0.1) is 11.3 Å². The van der Waals surface area contributed by atoms with Crippen molar-refractivity contribution in [2.24, 2.45) is 0 Å². The smallest absolute Gasteiger partial charge is 0.255 e. The van der Waals surface area contributed by atoms with Crippen LogP contribution in [0.5, 0.6) is 5.75 Å². The van der Waals surface area contributed by atoms with E-state index in [1.54, 1.807) is 18.4 Å². The Morgan fingerprint density at radius 2 is 1.88 bits per heavy atom. The van der Waals surface area contributed by atoms with E-state index in [1.165, 1.54) is 9.78 Å². The highest BCUT2D eigenvalue weighted by Gasteiger charge is 2.21. The quantitative estimate of drug-likeness (QED) is 0.714. The lowest BCUT2D eigenvalue weighted by Crippen LogP contribution is -3.06. The van der Waals surface area contributed by atoms with Crippen molar-refractivity contribution in [2.45, 2.75) is 6.04 Å². The number of amides is 1. The van der Waals surface area contributed by atoms with Gasteiger partial charge in [-0.25, -0.2) is 0 Å². The molecule has 0 fully saturated rings. The Bertz CT molecular complexity index is 859. The molecule has 0 spiro atoms. The van der Waals surface area contributed by atoms with Gasteiger partial charge >= 0.3 is 0 Å². The first kappa shape index (κ1) is 17.5. The summed E-state index contributed by atoms with van der Waals surface area (Å²) in [5, 5.41) is 7.23. The number of methoxy groups -OCH3 is 1. The number of nitrogens with one attached hydrogen (secondary N) is 2. The van der Waals surface area contributed by atoms with E-state index >= 15 is 0 Å². The largest absolute Gasteiger partial charge is 0.496 e. The molecule has 2 aromatic carbocycles. The van der Waals surface area contributed by atoms with Crippen LogP contribution in [-0.4, -0.2) is 33.7 Å². The first-order chi connectivity index (χ1) is 12.1. The highest BCUT2D eigenvalue weighted by Crippen LogP contribution is 2.26. The molecule has 1 amide bonds. The minimum absolute atomic E-state index is 0.106. The molecule has 130 valence electrons. The molecule has 0 saturated carbocycles. The lowest BCUT2D eigenvalue weighted by molar-refractivity contribution is -0.890. The number of rotatable bonds is 6. The van der Waals surface area contributed by atoms with Crippen LogP contribution >= 0.6 is 11.3 Å². The summed E-state index contributed by atoms with van der Waals surface area (Å²) < 4.78 is 5.44. The Hall–Kier alpha value is -2.37. The topological polar surface area (TPSA) is 42.8 Å². The summed E-state index contributed by atoms with van der Waals surface area (Å²) in [5.74, 6) is 0.492. The van der Waals surface area contributed by atoms with Crippen molar-refractivity contribution in [3.05, 3.63) is 64.4 Å². The Morgan fingerprint density at radius 1 is 1.16 bits per heavy atom. The molecule has 3 aromatic rings. The third-order valence-corrected chi connectivity index (χ3v) is 5.35. The second kappa shape index (κ2) is 7.68. The van der Waals surface area contributed by atoms with E-state index in [-0.39, 0.29) is 11.9 Å². The normalized spacial score (nSPS) is 12.3. The minimum atomic E-state index is -0.106. The average Bonchev–Trinajstić information content (AvgIpc) is 3.14. The van der Waals surface area contributed by atoms with Crippen molar-refractivity contribution in [2.75, 3.05) is 27.7 Å². The molecule has 25 heavy (non-hydrogen) atoms. The third kappa shape index (κ3) is 3.83. The van der Waals surface area contributed by atoms with Gasteiger partial charge in [-0.1, -0.05) is 30.3 Å². The van der Waals surface area contributed by atoms with Crippen molar-refractivity contribution >= 4 is 28.0 Å². The maximum Gasteiger partial charge on any atom is 0.255 e. The fourth-order valence-corrected chi connectivity index (χ4v) is 3.89. The zero-order valence-corrected chi connectivity index (χ0v) is 15.5. The number of likely N-dealkylation sites (N-methyl/N-ethyl adjacent to an activating group) is 1. The number of carbonyl (C=O) groups excluding carboxylic acids is 1. The molecule has 0 bridgehead atoms. The molecular weight excluding hydrogens is 332 g/mol. The molecule has 5 heteroatoms. The van der Waals surface area contributed by atoms with Crippen molar-refractivity contribution in [3.63, 3.8) is 0 Å². The molecule has 1 atom stereocenters. The Morgan fingerprint density at radius 3 is 2.48 bits per heavy atom. The van der Waals surface area contributed by atoms with Crippen LogP contribution in [0.3, 0.4) is 0 Å².